The fourth-order valence-corrected chi connectivity index (χ4v) is 4.72. The number of aromatic nitrogens is 3. The Hall–Kier alpha value is -4.06. The molecule has 11 nitrogen and oxygen atoms in total. The van der Waals surface area contributed by atoms with Crippen molar-refractivity contribution in [1.82, 2.24) is 24.8 Å². The first-order chi connectivity index (χ1) is 18.3. The van der Waals surface area contributed by atoms with E-state index in [-0.39, 0.29) is 29.3 Å². The van der Waals surface area contributed by atoms with Gasteiger partial charge in [-0.1, -0.05) is 30.3 Å². The fraction of sp³-hybridized carbons (Fsp3) is 0.385. The van der Waals surface area contributed by atoms with E-state index in [0.717, 1.165) is 5.56 Å². The molecule has 1 aliphatic heterocycles. The Morgan fingerprint density at radius 2 is 1.89 bits per heavy atom. The number of pyridine rings is 1. The molecule has 1 atom stereocenters. The van der Waals surface area contributed by atoms with Gasteiger partial charge >= 0.3 is 11.9 Å². The first-order valence-corrected chi connectivity index (χ1v) is 12.8. The highest BCUT2D eigenvalue weighted by molar-refractivity contribution is 7.80. The van der Waals surface area contributed by atoms with Crippen LogP contribution in [0.25, 0.3) is 11.0 Å². The minimum Gasteiger partial charge on any atom is -0.477 e. The molecule has 0 unspecified atom stereocenters. The third-order valence-corrected chi connectivity index (χ3v) is 7.04. The third kappa shape index (κ3) is 5.91. The number of nitrogens with one attached hydrogen (secondary N) is 1. The lowest BCUT2D eigenvalue weighted by Crippen LogP contribution is -2.52. The molecule has 0 saturated carbocycles. The van der Waals surface area contributed by atoms with Gasteiger partial charge in [-0.25, -0.2) is 9.78 Å². The van der Waals surface area contributed by atoms with Crippen LogP contribution in [0, 0.1) is 0 Å². The SMILES string of the molecule is CCn1cc(C(=O)O)c(=O)c2cnc(N3CCN(C(=S)NC[C@@H](CC(=O)OC)c4ccccc4)CC3)nc21. The summed E-state index contributed by atoms with van der Waals surface area (Å²) in [4.78, 5) is 49.0. The predicted molar refractivity (Wildman–Crippen MR) is 147 cm³/mol. The lowest BCUT2D eigenvalue weighted by molar-refractivity contribution is -0.141. The largest absolute Gasteiger partial charge is 0.477 e. The van der Waals surface area contributed by atoms with Crippen molar-refractivity contribution in [2.45, 2.75) is 25.8 Å². The number of carboxylic acids is 1. The van der Waals surface area contributed by atoms with E-state index in [0.29, 0.717) is 56.0 Å². The zero-order chi connectivity index (χ0) is 27.2. The topological polar surface area (TPSA) is 130 Å². The quantitative estimate of drug-likeness (QED) is 0.322. The number of aryl methyl sites for hydroxylation is 1. The zero-order valence-corrected chi connectivity index (χ0v) is 22.1. The molecular weight excluding hydrogens is 508 g/mol. The van der Waals surface area contributed by atoms with Crippen molar-refractivity contribution in [3.63, 3.8) is 0 Å². The Balaban J connectivity index is 1.41. The van der Waals surface area contributed by atoms with Crippen molar-refractivity contribution < 1.29 is 19.4 Å². The van der Waals surface area contributed by atoms with E-state index >= 15 is 0 Å². The Morgan fingerprint density at radius 1 is 1.18 bits per heavy atom. The number of hydrogen-bond acceptors (Lipinski definition) is 8. The summed E-state index contributed by atoms with van der Waals surface area (Å²) in [6, 6.07) is 9.79. The van der Waals surface area contributed by atoms with Crippen LogP contribution in [0.3, 0.4) is 0 Å². The van der Waals surface area contributed by atoms with Crippen LogP contribution < -0.4 is 15.6 Å². The second-order valence-corrected chi connectivity index (χ2v) is 9.31. The monoisotopic (exact) mass is 538 g/mol. The van der Waals surface area contributed by atoms with Gasteiger partial charge in [0.15, 0.2) is 5.11 Å². The van der Waals surface area contributed by atoms with E-state index in [1.54, 1.807) is 4.57 Å². The average Bonchev–Trinajstić information content (AvgIpc) is 2.95. The van der Waals surface area contributed by atoms with Crippen LogP contribution in [-0.4, -0.2) is 81.4 Å². The molecule has 3 heterocycles. The van der Waals surface area contributed by atoms with Crippen LogP contribution in [-0.2, 0) is 16.1 Å². The number of carboxylic acid groups (broad SMARTS) is 1. The lowest BCUT2D eigenvalue weighted by Gasteiger charge is -2.36. The number of methoxy groups -OCH3 is 1. The maximum absolute atomic E-state index is 12.6. The van der Waals surface area contributed by atoms with Gasteiger partial charge in [0, 0.05) is 57.6 Å². The molecule has 0 amide bonds. The maximum Gasteiger partial charge on any atom is 0.341 e. The second kappa shape index (κ2) is 12.0. The predicted octanol–water partition coefficient (Wildman–Crippen LogP) is 1.85. The summed E-state index contributed by atoms with van der Waals surface area (Å²) in [6.45, 7) is 5.32. The molecule has 2 aromatic heterocycles. The number of nitrogens with zero attached hydrogens (tertiary/aromatic N) is 5. The van der Waals surface area contributed by atoms with Gasteiger partial charge in [0.2, 0.25) is 11.4 Å². The smallest absolute Gasteiger partial charge is 0.341 e. The second-order valence-electron chi connectivity index (χ2n) is 8.92. The third-order valence-electron chi connectivity index (χ3n) is 6.63. The summed E-state index contributed by atoms with van der Waals surface area (Å²) < 4.78 is 6.52. The first kappa shape index (κ1) is 27.0. The van der Waals surface area contributed by atoms with E-state index in [1.807, 2.05) is 42.2 Å². The molecule has 3 aromatic rings. The number of benzene rings is 1. The number of rotatable bonds is 8. The zero-order valence-electron chi connectivity index (χ0n) is 21.3. The number of aromatic carboxylic acids is 1. The summed E-state index contributed by atoms with van der Waals surface area (Å²) in [7, 11) is 1.38. The van der Waals surface area contributed by atoms with Crippen molar-refractivity contribution in [2.24, 2.45) is 0 Å². The van der Waals surface area contributed by atoms with Gasteiger partial charge in [0.25, 0.3) is 0 Å². The van der Waals surface area contributed by atoms with Crippen molar-refractivity contribution in [3.8, 4) is 0 Å². The Labute approximate surface area is 225 Å². The minimum atomic E-state index is -1.27. The van der Waals surface area contributed by atoms with Crippen molar-refractivity contribution in [2.75, 3.05) is 44.7 Å². The molecule has 38 heavy (non-hydrogen) atoms. The van der Waals surface area contributed by atoms with Crippen LogP contribution >= 0.6 is 12.2 Å². The number of piperazine rings is 1. The molecule has 1 saturated heterocycles. The highest BCUT2D eigenvalue weighted by atomic mass is 32.1. The number of thiocarbonyl (C=S) groups is 1. The molecule has 0 radical (unpaired) electrons. The molecule has 0 aliphatic carbocycles. The van der Waals surface area contributed by atoms with Crippen LogP contribution in [0.2, 0.25) is 0 Å². The van der Waals surface area contributed by atoms with E-state index in [1.165, 1.54) is 19.5 Å². The normalized spacial score (nSPS) is 14.3. The summed E-state index contributed by atoms with van der Waals surface area (Å²) in [5.41, 5.74) is 0.551. The highest BCUT2D eigenvalue weighted by Gasteiger charge is 2.24. The summed E-state index contributed by atoms with van der Waals surface area (Å²) in [5.74, 6) is -1.15. The maximum atomic E-state index is 12.6. The van der Waals surface area contributed by atoms with Gasteiger partial charge < -0.3 is 29.5 Å². The molecule has 12 heteroatoms. The number of carbonyl (C=O) groups excluding carboxylic acids is 1. The highest BCUT2D eigenvalue weighted by Crippen LogP contribution is 2.20. The average molecular weight is 539 g/mol. The molecule has 0 bridgehead atoms. The molecule has 200 valence electrons. The number of hydrogen-bond donors (Lipinski definition) is 2. The minimum absolute atomic E-state index is 0.0771. The standard InChI is InChI=1S/C26H30N6O5S/c1-3-30-16-20(24(35)36)22(34)19-15-27-25(29-23(19)30)31-9-11-32(12-10-31)26(38)28-14-18(13-21(33)37-2)17-7-5-4-6-8-17/h4-8,15-16,18H,3,9-14H2,1-2H3,(H,28,38)(H,35,36)/t18-/m1/s1. The van der Waals surface area contributed by atoms with E-state index in [4.69, 9.17) is 17.0 Å². The van der Waals surface area contributed by atoms with Crippen LogP contribution in [0.1, 0.15) is 35.2 Å². The van der Waals surface area contributed by atoms with E-state index in [9.17, 15) is 19.5 Å². The van der Waals surface area contributed by atoms with Crippen molar-refractivity contribution in [3.05, 3.63) is 64.1 Å². The summed E-state index contributed by atoms with van der Waals surface area (Å²) in [5, 5.41) is 13.4. The number of carbonyl (C=O) groups is 2. The Kier molecular flexibility index (Phi) is 8.52. The number of esters is 1. The van der Waals surface area contributed by atoms with Gasteiger partial charge in [-0.3, -0.25) is 9.59 Å². The summed E-state index contributed by atoms with van der Waals surface area (Å²) >= 11 is 5.65. The molecule has 1 aromatic carbocycles. The number of fused-ring (bicyclic) bond motifs is 1. The molecule has 2 N–H and O–H groups in total. The van der Waals surface area contributed by atoms with Crippen molar-refractivity contribution in [1.29, 1.82) is 0 Å². The lowest BCUT2D eigenvalue weighted by atomic mass is 9.96. The molecule has 0 spiro atoms. The van der Waals surface area contributed by atoms with Gasteiger partial charge in [-0.2, -0.15) is 4.98 Å². The van der Waals surface area contributed by atoms with Gasteiger partial charge in [-0.15, -0.1) is 0 Å². The summed E-state index contributed by atoms with van der Waals surface area (Å²) in [6.07, 6.45) is 2.98. The van der Waals surface area contributed by atoms with Gasteiger partial charge in [0.05, 0.1) is 18.9 Å². The molecule has 1 fully saturated rings. The van der Waals surface area contributed by atoms with Crippen LogP contribution in [0.4, 0.5) is 5.95 Å². The van der Waals surface area contributed by atoms with E-state index in [2.05, 4.69) is 20.2 Å². The number of anilines is 1. The van der Waals surface area contributed by atoms with Crippen LogP contribution in [0.15, 0.2) is 47.5 Å². The van der Waals surface area contributed by atoms with Gasteiger partial charge in [0.1, 0.15) is 11.2 Å². The fourth-order valence-electron chi connectivity index (χ4n) is 4.46. The Bertz CT molecular complexity index is 1390. The first-order valence-electron chi connectivity index (χ1n) is 12.3. The molecule has 1 aliphatic rings. The Morgan fingerprint density at radius 3 is 2.53 bits per heavy atom. The van der Waals surface area contributed by atoms with E-state index < -0.39 is 11.4 Å². The number of ether oxygens (including phenoxy) is 1. The van der Waals surface area contributed by atoms with Crippen molar-refractivity contribution >= 4 is 46.3 Å². The molecule has 4 rings (SSSR count). The van der Waals surface area contributed by atoms with Gasteiger partial charge in [-0.05, 0) is 24.7 Å². The molecular formula is C26H30N6O5S. The van der Waals surface area contributed by atoms with Crippen LogP contribution in [0.5, 0.6) is 0 Å².